The van der Waals surface area contributed by atoms with Gasteiger partial charge in [-0.25, -0.2) is 0 Å². The first-order chi connectivity index (χ1) is 9.61. The Balaban J connectivity index is 1.98. The summed E-state index contributed by atoms with van der Waals surface area (Å²) in [6.07, 6.45) is 2.41. The molecule has 1 aliphatic rings. The van der Waals surface area contributed by atoms with Crippen molar-refractivity contribution in [3.63, 3.8) is 0 Å². The van der Waals surface area contributed by atoms with Crippen LogP contribution in [0.25, 0.3) is 0 Å². The summed E-state index contributed by atoms with van der Waals surface area (Å²) in [5, 5.41) is 3.42. The van der Waals surface area contributed by atoms with Crippen LogP contribution in [0.1, 0.15) is 30.1 Å². The third-order valence-corrected chi connectivity index (χ3v) is 4.51. The molecule has 1 amide bonds. The lowest BCUT2D eigenvalue weighted by molar-refractivity contribution is 0.100. The Hall–Kier alpha value is -1.07. The van der Waals surface area contributed by atoms with Crippen molar-refractivity contribution >= 4 is 27.5 Å². The van der Waals surface area contributed by atoms with Crippen molar-refractivity contribution in [1.82, 2.24) is 5.32 Å². The van der Waals surface area contributed by atoms with Crippen LogP contribution >= 0.6 is 15.9 Å². The lowest BCUT2D eigenvalue weighted by atomic mass is 9.96. The van der Waals surface area contributed by atoms with Crippen LogP contribution in [0.5, 0.6) is 0 Å². The summed E-state index contributed by atoms with van der Waals surface area (Å²) in [5.41, 5.74) is 6.99. The molecule has 4 nitrogen and oxygen atoms in total. The van der Waals surface area contributed by atoms with Gasteiger partial charge >= 0.3 is 0 Å². The first-order valence-electron chi connectivity index (χ1n) is 7.16. The number of anilines is 1. The number of nitrogens with one attached hydrogen (secondary N) is 1. The smallest absolute Gasteiger partial charge is 0.248 e. The Bertz CT molecular complexity index is 470. The molecule has 1 fully saturated rings. The molecule has 1 saturated heterocycles. The first-order valence-corrected chi connectivity index (χ1v) is 7.96. The van der Waals surface area contributed by atoms with E-state index >= 15 is 0 Å². The van der Waals surface area contributed by atoms with E-state index in [0.29, 0.717) is 5.56 Å². The van der Waals surface area contributed by atoms with Crippen LogP contribution < -0.4 is 16.0 Å². The molecule has 3 N–H and O–H groups in total. The highest BCUT2D eigenvalue weighted by Crippen LogP contribution is 2.30. The van der Waals surface area contributed by atoms with Gasteiger partial charge in [-0.1, -0.05) is 6.92 Å². The van der Waals surface area contributed by atoms with Crippen molar-refractivity contribution < 1.29 is 4.79 Å². The highest BCUT2D eigenvalue weighted by Gasteiger charge is 2.20. The number of hydrogen-bond donors (Lipinski definition) is 2. The van der Waals surface area contributed by atoms with Crippen molar-refractivity contribution in [2.24, 2.45) is 11.7 Å². The number of piperidine rings is 1. The zero-order chi connectivity index (χ0) is 14.5. The summed E-state index contributed by atoms with van der Waals surface area (Å²) in [5.74, 6) is 0.386. The number of carbonyl (C=O) groups is 1. The molecule has 0 saturated carbocycles. The fourth-order valence-corrected chi connectivity index (χ4v) is 3.27. The Morgan fingerprint density at radius 3 is 2.70 bits per heavy atom. The molecule has 0 radical (unpaired) electrons. The zero-order valence-electron chi connectivity index (χ0n) is 11.9. The maximum Gasteiger partial charge on any atom is 0.248 e. The highest BCUT2D eigenvalue weighted by molar-refractivity contribution is 9.10. The predicted octanol–water partition coefficient (Wildman–Crippen LogP) is 2.37. The van der Waals surface area contributed by atoms with E-state index < -0.39 is 0 Å². The van der Waals surface area contributed by atoms with E-state index in [2.05, 4.69) is 33.1 Å². The van der Waals surface area contributed by atoms with Gasteiger partial charge in [0.05, 0.1) is 5.69 Å². The molecule has 0 aromatic heterocycles. The van der Waals surface area contributed by atoms with Crippen LogP contribution in [-0.4, -0.2) is 32.1 Å². The van der Waals surface area contributed by atoms with Crippen molar-refractivity contribution in [2.75, 3.05) is 31.1 Å². The van der Waals surface area contributed by atoms with Crippen LogP contribution in [0.3, 0.4) is 0 Å². The minimum atomic E-state index is -0.387. The number of nitrogens with zero attached hydrogens (tertiary/aromatic N) is 1. The van der Waals surface area contributed by atoms with Gasteiger partial charge in [0.15, 0.2) is 0 Å². The number of benzene rings is 1. The third kappa shape index (κ3) is 3.73. The number of amides is 1. The minimum Gasteiger partial charge on any atom is -0.371 e. The third-order valence-electron chi connectivity index (χ3n) is 3.87. The number of rotatable bonds is 5. The standard InChI is InChI=1S/C15H22BrN3O/c1-2-18-10-11-5-7-19(8-6-11)14-4-3-12(15(17)20)9-13(14)16/h3-4,9,11,18H,2,5-8,10H2,1H3,(H2,17,20). The zero-order valence-corrected chi connectivity index (χ0v) is 13.4. The molecule has 0 spiro atoms. The van der Waals surface area contributed by atoms with Gasteiger partial charge < -0.3 is 16.0 Å². The van der Waals surface area contributed by atoms with Crippen molar-refractivity contribution in [3.05, 3.63) is 28.2 Å². The Morgan fingerprint density at radius 1 is 1.45 bits per heavy atom. The van der Waals surface area contributed by atoms with Crippen molar-refractivity contribution in [1.29, 1.82) is 0 Å². The molecule has 2 rings (SSSR count). The largest absolute Gasteiger partial charge is 0.371 e. The van der Waals surface area contributed by atoms with Gasteiger partial charge in [-0.15, -0.1) is 0 Å². The Kier molecular flexibility index (Phi) is 5.43. The quantitative estimate of drug-likeness (QED) is 0.865. The molecule has 5 heteroatoms. The van der Waals surface area contributed by atoms with Crippen molar-refractivity contribution in [3.8, 4) is 0 Å². The molecule has 1 aromatic carbocycles. The van der Waals surface area contributed by atoms with Crippen LogP contribution in [0.4, 0.5) is 5.69 Å². The number of hydrogen-bond acceptors (Lipinski definition) is 3. The molecule has 0 atom stereocenters. The van der Waals surface area contributed by atoms with Gasteiger partial charge in [0.1, 0.15) is 0 Å². The lowest BCUT2D eigenvalue weighted by Crippen LogP contribution is -2.37. The van der Waals surface area contributed by atoms with Crippen LogP contribution in [0.15, 0.2) is 22.7 Å². The minimum absolute atomic E-state index is 0.387. The highest BCUT2D eigenvalue weighted by atomic mass is 79.9. The van der Waals surface area contributed by atoms with Crippen LogP contribution in [0.2, 0.25) is 0 Å². The number of primary amides is 1. The van der Waals surface area contributed by atoms with Gasteiger partial charge in [0, 0.05) is 23.1 Å². The summed E-state index contributed by atoms with van der Waals surface area (Å²) in [6.45, 7) is 6.42. The molecule has 1 aromatic rings. The fourth-order valence-electron chi connectivity index (χ4n) is 2.64. The van der Waals surface area contributed by atoms with Gasteiger partial charge in [-0.3, -0.25) is 4.79 Å². The topological polar surface area (TPSA) is 58.4 Å². The first kappa shape index (κ1) is 15.3. The second-order valence-corrected chi connectivity index (χ2v) is 6.12. The van der Waals surface area contributed by atoms with E-state index in [1.165, 1.54) is 12.8 Å². The van der Waals surface area contributed by atoms with Crippen molar-refractivity contribution in [2.45, 2.75) is 19.8 Å². The van der Waals surface area contributed by atoms with Gasteiger partial charge in [-0.05, 0) is 66.0 Å². The predicted molar refractivity (Wildman–Crippen MR) is 86.1 cm³/mol. The molecule has 1 aliphatic heterocycles. The van der Waals surface area contributed by atoms with E-state index in [-0.39, 0.29) is 5.91 Å². The molecule has 0 unspecified atom stereocenters. The second kappa shape index (κ2) is 7.09. The van der Waals surface area contributed by atoms with E-state index in [0.717, 1.165) is 42.3 Å². The number of halogens is 1. The van der Waals surface area contributed by atoms with E-state index in [4.69, 9.17) is 5.73 Å². The van der Waals surface area contributed by atoms with E-state index in [9.17, 15) is 4.79 Å². The average molecular weight is 340 g/mol. The van der Waals surface area contributed by atoms with Gasteiger partial charge in [-0.2, -0.15) is 0 Å². The Morgan fingerprint density at radius 2 is 2.15 bits per heavy atom. The monoisotopic (exact) mass is 339 g/mol. The molecule has 110 valence electrons. The molecule has 0 aliphatic carbocycles. The SMILES string of the molecule is CCNCC1CCN(c2ccc(C(N)=O)cc2Br)CC1. The number of carbonyl (C=O) groups excluding carboxylic acids is 1. The van der Waals surface area contributed by atoms with Gasteiger partial charge in [0.25, 0.3) is 0 Å². The van der Waals surface area contributed by atoms with Crippen LogP contribution in [-0.2, 0) is 0 Å². The lowest BCUT2D eigenvalue weighted by Gasteiger charge is -2.34. The summed E-state index contributed by atoms with van der Waals surface area (Å²) < 4.78 is 0.943. The molecule has 20 heavy (non-hydrogen) atoms. The summed E-state index contributed by atoms with van der Waals surface area (Å²) in [7, 11) is 0. The molecular formula is C15H22BrN3O. The maximum absolute atomic E-state index is 11.2. The van der Waals surface area contributed by atoms with Gasteiger partial charge in [0.2, 0.25) is 5.91 Å². The molecule has 0 bridgehead atoms. The second-order valence-electron chi connectivity index (χ2n) is 5.27. The van der Waals surface area contributed by atoms with E-state index in [1.54, 1.807) is 6.07 Å². The average Bonchev–Trinajstić information content (AvgIpc) is 2.45. The normalized spacial score (nSPS) is 16.4. The molecular weight excluding hydrogens is 318 g/mol. The summed E-state index contributed by atoms with van der Waals surface area (Å²) in [6, 6.07) is 5.59. The summed E-state index contributed by atoms with van der Waals surface area (Å²) in [4.78, 5) is 13.5. The fraction of sp³-hybridized carbons (Fsp3) is 0.533. The van der Waals surface area contributed by atoms with Crippen LogP contribution in [0, 0.1) is 5.92 Å². The number of nitrogens with two attached hydrogens (primary N) is 1. The summed E-state index contributed by atoms with van der Waals surface area (Å²) >= 11 is 3.55. The molecule has 1 heterocycles. The van der Waals surface area contributed by atoms with E-state index in [1.807, 2.05) is 12.1 Å². The maximum atomic E-state index is 11.2. The Labute approximate surface area is 128 Å².